The largest absolute Gasteiger partial charge is 0.519 e. The number of aliphatic hydroxyl groups is 1. The number of amides is 1. The van der Waals surface area contributed by atoms with Gasteiger partial charge in [-0.3, -0.25) is 9.59 Å². The Balaban J connectivity index is 1.70. The number of ketones is 1. The Morgan fingerprint density at radius 1 is 1.26 bits per heavy atom. The number of rotatable bonds is 8. The molecule has 0 spiro atoms. The van der Waals surface area contributed by atoms with Crippen molar-refractivity contribution in [3.63, 3.8) is 0 Å². The smallest absolute Gasteiger partial charge is 0.454 e. The van der Waals surface area contributed by atoms with Crippen LogP contribution in [0, 0.1) is 6.92 Å². The van der Waals surface area contributed by atoms with Crippen LogP contribution in [0.3, 0.4) is 0 Å². The summed E-state index contributed by atoms with van der Waals surface area (Å²) >= 11 is 0. The predicted molar refractivity (Wildman–Crippen MR) is 85.3 cm³/mol. The Kier molecular flexibility index (Phi) is 7.46. The number of carbonyl (C=O) groups excluding carboxylic acids is 3. The zero-order chi connectivity index (χ0) is 19.8. The summed E-state index contributed by atoms with van der Waals surface area (Å²) in [7, 11) is 0. The fourth-order valence-corrected chi connectivity index (χ4v) is 2.07. The van der Waals surface area contributed by atoms with Gasteiger partial charge in [0.1, 0.15) is 12.4 Å². The number of aliphatic hydroxyl groups excluding tert-OH is 1. The molecule has 1 saturated heterocycles. The van der Waals surface area contributed by atoms with E-state index in [9.17, 15) is 24.3 Å². The monoisotopic (exact) mass is 385 g/mol. The van der Waals surface area contributed by atoms with Gasteiger partial charge in [-0.1, -0.05) is 0 Å². The van der Waals surface area contributed by atoms with Gasteiger partial charge in [-0.05, 0) is 13.0 Å². The van der Waals surface area contributed by atoms with Crippen molar-refractivity contribution in [2.24, 2.45) is 0 Å². The highest BCUT2D eigenvalue weighted by molar-refractivity contribution is 6.36. The number of morpholine rings is 1. The van der Waals surface area contributed by atoms with Crippen LogP contribution in [-0.2, 0) is 35.2 Å². The first kappa shape index (κ1) is 20.6. The molecule has 0 radical (unpaired) electrons. The van der Waals surface area contributed by atoms with Crippen LogP contribution in [0.25, 0.3) is 0 Å². The molecule has 0 aromatic carbocycles. The Morgan fingerprint density at radius 2 is 1.96 bits per heavy atom. The number of hydrogen-bond acceptors (Lipinski definition) is 10. The summed E-state index contributed by atoms with van der Waals surface area (Å²) in [6, 6.07) is 0. The molecule has 1 atom stereocenters. The Morgan fingerprint density at radius 3 is 2.59 bits per heavy atom. The quantitative estimate of drug-likeness (QED) is 0.253. The van der Waals surface area contributed by atoms with Gasteiger partial charge in [-0.25, -0.2) is 9.59 Å². The zero-order valence-corrected chi connectivity index (χ0v) is 14.5. The highest BCUT2D eigenvalue weighted by Crippen LogP contribution is 2.07. The molecule has 0 bridgehead atoms. The topological polar surface area (TPSA) is 146 Å². The molecule has 148 valence electrons. The van der Waals surface area contributed by atoms with Crippen molar-refractivity contribution in [3.05, 3.63) is 34.3 Å². The number of ether oxygens (including phenoxy) is 3. The lowest BCUT2D eigenvalue weighted by Gasteiger charge is -2.25. The first-order valence-electron chi connectivity index (χ1n) is 8.00. The van der Waals surface area contributed by atoms with Gasteiger partial charge < -0.3 is 33.1 Å². The van der Waals surface area contributed by atoms with E-state index in [0.717, 1.165) is 12.2 Å². The third-order valence-corrected chi connectivity index (χ3v) is 3.50. The molecule has 11 heteroatoms. The summed E-state index contributed by atoms with van der Waals surface area (Å²) in [5, 5.41) is 9.59. The van der Waals surface area contributed by atoms with Gasteiger partial charge in [0.25, 0.3) is 11.7 Å². The van der Waals surface area contributed by atoms with E-state index < -0.39 is 36.4 Å². The van der Waals surface area contributed by atoms with E-state index in [0.29, 0.717) is 26.3 Å². The Labute approximate surface area is 153 Å². The lowest BCUT2D eigenvalue weighted by atomic mass is 10.3. The number of esters is 1. The molecule has 0 aliphatic carbocycles. The maximum absolute atomic E-state index is 11.8. The molecule has 1 unspecified atom stereocenters. The minimum atomic E-state index is -1.50. The number of nitrogens with zero attached hydrogens (tertiary/aromatic N) is 1. The molecular formula is C16H19NO10. The van der Waals surface area contributed by atoms with Crippen LogP contribution >= 0.6 is 0 Å². The summed E-state index contributed by atoms with van der Waals surface area (Å²) in [5.74, 6) is -3.12. The van der Waals surface area contributed by atoms with Crippen molar-refractivity contribution >= 4 is 17.7 Å². The normalized spacial score (nSPS) is 15.7. The van der Waals surface area contributed by atoms with Crippen molar-refractivity contribution in [3.8, 4) is 0 Å². The molecule has 1 N–H and O–H groups in total. The number of hydrogen-bond donors (Lipinski definition) is 1. The molecule has 1 fully saturated rings. The minimum Gasteiger partial charge on any atom is -0.454 e. The molecule has 27 heavy (non-hydrogen) atoms. The maximum atomic E-state index is 11.8. The van der Waals surface area contributed by atoms with Gasteiger partial charge in [0, 0.05) is 19.2 Å². The van der Waals surface area contributed by atoms with E-state index in [1.807, 2.05) is 0 Å². The van der Waals surface area contributed by atoms with Crippen molar-refractivity contribution in [1.82, 2.24) is 4.90 Å². The Hall–Kier alpha value is -2.76. The molecule has 1 aliphatic heterocycles. The van der Waals surface area contributed by atoms with E-state index in [1.54, 1.807) is 0 Å². The fraction of sp³-hybridized carbons (Fsp3) is 0.500. The molecule has 1 aliphatic rings. The van der Waals surface area contributed by atoms with Crippen molar-refractivity contribution in [2.75, 3.05) is 32.9 Å². The molecule has 1 aromatic rings. The van der Waals surface area contributed by atoms with E-state index in [-0.39, 0.29) is 18.1 Å². The van der Waals surface area contributed by atoms with E-state index in [4.69, 9.17) is 9.47 Å². The first-order chi connectivity index (χ1) is 12.9. The predicted octanol–water partition coefficient (Wildman–Crippen LogP) is -1.10. The van der Waals surface area contributed by atoms with Crippen LogP contribution in [0.5, 0.6) is 0 Å². The van der Waals surface area contributed by atoms with Gasteiger partial charge in [-0.2, -0.15) is 0 Å². The standard InChI is InChI=1S/C16H19NO10/c1-10-12(27-16(22)26-10)9-25-14(20)3-2-13(19)24-8-11(18)15(21)17-4-6-23-7-5-17/h2-3,14,20H,4-9H2,1H3/b3-2+. The molecule has 2 rings (SSSR count). The van der Waals surface area contributed by atoms with Crippen molar-refractivity contribution in [1.29, 1.82) is 0 Å². The molecule has 2 heterocycles. The number of carbonyl (C=O) groups is 3. The van der Waals surface area contributed by atoms with E-state index in [1.165, 1.54) is 11.8 Å². The number of aryl methyl sites for hydroxylation is 1. The zero-order valence-electron chi connectivity index (χ0n) is 14.5. The molecular weight excluding hydrogens is 366 g/mol. The van der Waals surface area contributed by atoms with Crippen LogP contribution in [0.4, 0.5) is 0 Å². The van der Waals surface area contributed by atoms with Gasteiger partial charge in [0.05, 0.1) is 13.2 Å². The number of Topliss-reactive ketones (excluding diaryl/α,β-unsaturated/α-hetero) is 1. The van der Waals surface area contributed by atoms with Gasteiger partial charge in [0.15, 0.2) is 18.7 Å². The lowest BCUT2D eigenvalue weighted by Crippen LogP contribution is -2.45. The highest BCUT2D eigenvalue weighted by Gasteiger charge is 2.24. The van der Waals surface area contributed by atoms with Gasteiger partial charge in [0.2, 0.25) is 0 Å². The average Bonchev–Trinajstić information content (AvgIpc) is 2.99. The van der Waals surface area contributed by atoms with Crippen LogP contribution in [0.15, 0.2) is 25.8 Å². The van der Waals surface area contributed by atoms with Crippen molar-refractivity contribution in [2.45, 2.75) is 19.8 Å². The fourth-order valence-electron chi connectivity index (χ4n) is 2.07. The van der Waals surface area contributed by atoms with Crippen LogP contribution in [0.2, 0.25) is 0 Å². The summed E-state index contributed by atoms with van der Waals surface area (Å²) in [5.41, 5.74) is 0. The maximum Gasteiger partial charge on any atom is 0.519 e. The second-order valence-corrected chi connectivity index (χ2v) is 5.43. The Bertz CT molecular complexity index is 755. The SMILES string of the molecule is Cc1oc(=O)oc1COC(O)/C=C/C(=O)OCC(=O)C(=O)N1CCOCC1. The van der Waals surface area contributed by atoms with Crippen LogP contribution < -0.4 is 5.82 Å². The van der Waals surface area contributed by atoms with Gasteiger partial charge in [-0.15, -0.1) is 0 Å². The molecule has 0 saturated carbocycles. The molecule has 1 amide bonds. The second-order valence-electron chi connectivity index (χ2n) is 5.43. The van der Waals surface area contributed by atoms with E-state index >= 15 is 0 Å². The van der Waals surface area contributed by atoms with Crippen LogP contribution in [0.1, 0.15) is 11.5 Å². The van der Waals surface area contributed by atoms with Crippen molar-refractivity contribution < 1.29 is 42.5 Å². The summed E-state index contributed by atoms with van der Waals surface area (Å²) in [6.45, 7) is 1.82. The minimum absolute atomic E-state index is 0.0993. The highest BCUT2D eigenvalue weighted by atomic mass is 16.6. The van der Waals surface area contributed by atoms with E-state index in [2.05, 4.69) is 13.6 Å². The lowest BCUT2D eigenvalue weighted by molar-refractivity contribution is -0.152. The molecule has 1 aromatic heterocycles. The summed E-state index contributed by atoms with van der Waals surface area (Å²) in [6.07, 6.45) is 0.308. The third kappa shape index (κ3) is 6.47. The first-order valence-corrected chi connectivity index (χ1v) is 8.00. The third-order valence-electron chi connectivity index (χ3n) is 3.50. The van der Waals surface area contributed by atoms with Crippen LogP contribution in [-0.4, -0.2) is 66.9 Å². The summed E-state index contributed by atoms with van der Waals surface area (Å²) < 4.78 is 24.0. The molecule has 11 nitrogen and oxygen atoms in total. The second kappa shape index (κ2) is 9.80. The summed E-state index contributed by atoms with van der Waals surface area (Å²) in [4.78, 5) is 47.3. The average molecular weight is 385 g/mol. The van der Waals surface area contributed by atoms with Gasteiger partial charge >= 0.3 is 11.8 Å².